The van der Waals surface area contributed by atoms with Crippen LogP contribution in [-0.2, 0) is 15.8 Å². The molecule has 0 spiro atoms. The van der Waals surface area contributed by atoms with Crippen molar-refractivity contribution in [2.45, 2.75) is 5.75 Å². The van der Waals surface area contributed by atoms with Gasteiger partial charge in [0, 0.05) is 51.6 Å². The molecule has 2 aromatic heterocycles. The van der Waals surface area contributed by atoms with Gasteiger partial charge in [-0.1, -0.05) is 16.8 Å². The number of sulfonamides is 1. The van der Waals surface area contributed by atoms with Crippen LogP contribution < -0.4 is 10.1 Å². The Labute approximate surface area is 174 Å². The molecule has 0 amide bonds. The number of aliphatic imine (C=N–C) groups is 1. The van der Waals surface area contributed by atoms with Crippen molar-refractivity contribution in [2.75, 3.05) is 46.4 Å². The number of hydrogen-bond acceptors (Lipinski definition) is 7. The third-order valence-electron chi connectivity index (χ3n) is 4.30. The van der Waals surface area contributed by atoms with E-state index in [1.165, 1.54) is 16.8 Å². The van der Waals surface area contributed by atoms with E-state index in [4.69, 9.17) is 20.9 Å². The van der Waals surface area contributed by atoms with Crippen LogP contribution in [0.15, 0.2) is 40.2 Å². The number of rotatable bonds is 7. The van der Waals surface area contributed by atoms with Crippen molar-refractivity contribution in [1.82, 2.24) is 24.7 Å². The summed E-state index contributed by atoms with van der Waals surface area (Å²) < 4.78 is 36.8. The van der Waals surface area contributed by atoms with Crippen LogP contribution in [0.5, 0.6) is 5.88 Å². The maximum Gasteiger partial charge on any atom is 0.220 e. The molecule has 12 heteroatoms. The summed E-state index contributed by atoms with van der Waals surface area (Å²) >= 11 is 5.79. The summed E-state index contributed by atoms with van der Waals surface area (Å²) in [5, 5.41) is 7.45. The minimum absolute atomic E-state index is 0.160. The van der Waals surface area contributed by atoms with Crippen molar-refractivity contribution < 1.29 is 17.7 Å². The van der Waals surface area contributed by atoms with Crippen LogP contribution in [0.25, 0.3) is 0 Å². The Hall–Kier alpha value is -2.37. The lowest BCUT2D eigenvalue weighted by molar-refractivity contribution is 0.256. The molecule has 0 bridgehead atoms. The summed E-state index contributed by atoms with van der Waals surface area (Å²) in [5.74, 6) is 1.04. The highest BCUT2D eigenvalue weighted by atomic mass is 35.5. The molecule has 1 aliphatic rings. The SMILES string of the molecule is CN=C(NCCOc1ccc(Cl)cn1)N1CCN(S(=O)(=O)Cc2ccon2)CC1. The Morgan fingerprint density at radius 3 is 2.72 bits per heavy atom. The number of piperazine rings is 1. The molecule has 0 aliphatic carbocycles. The largest absolute Gasteiger partial charge is 0.476 e. The number of guanidine groups is 1. The summed E-state index contributed by atoms with van der Waals surface area (Å²) in [6, 6.07) is 4.98. The first-order chi connectivity index (χ1) is 14.0. The highest BCUT2D eigenvalue weighted by Crippen LogP contribution is 2.13. The van der Waals surface area contributed by atoms with Gasteiger partial charge in [-0.25, -0.2) is 13.4 Å². The summed E-state index contributed by atoms with van der Waals surface area (Å²) in [6.07, 6.45) is 2.89. The zero-order valence-electron chi connectivity index (χ0n) is 16.0. The molecule has 158 valence electrons. The zero-order chi connectivity index (χ0) is 20.7. The molecule has 1 fully saturated rings. The van der Waals surface area contributed by atoms with Crippen molar-refractivity contribution >= 4 is 27.6 Å². The molecule has 3 rings (SSSR count). The predicted octanol–water partition coefficient (Wildman–Crippen LogP) is 0.825. The highest BCUT2D eigenvalue weighted by Gasteiger charge is 2.28. The van der Waals surface area contributed by atoms with Gasteiger partial charge in [0.05, 0.1) is 17.3 Å². The van der Waals surface area contributed by atoms with Gasteiger partial charge in [0.25, 0.3) is 0 Å². The molecule has 0 unspecified atom stereocenters. The van der Waals surface area contributed by atoms with Gasteiger partial charge in [0.15, 0.2) is 5.96 Å². The van der Waals surface area contributed by atoms with Crippen molar-refractivity contribution in [1.29, 1.82) is 0 Å². The highest BCUT2D eigenvalue weighted by molar-refractivity contribution is 7.88. The molecule has 1 aliphatic heterocycles. The molecule has 1 saturated heterocycles. The maximum absolute atomic E-state index is 12.5. The van der Waals surface area contributed by atoms with Crippen LogP contribution in [0.3, 0.4) is 0 Å². The number of nitrogens with one attached hydrogen (secondary N) is 1. The van der Waals surface area contributed by atoms with E-state index in [0.717, 1.165) is 0 Å². The van der Waals surface area contributed by atoms with E-state index in [0.29, 0.717) is 61.9 Å². The average Bonchev–Trinajstić information content (AvgIpc) is 3.22. The van der Waals surface area contributed by atoms with Crippen LogP contribution in [0.1, 0.15) is 5.69 Å². The molecule has 0 saturated carbocycles. The van der Waals surface area contributed by atoms with Gasteiger partial charge in [-0.2, -0.15) is 4.31 Å². The quantitative estimate of drug-likeness (QED) is 0.381. The van der Waals surface area contributed by atoms with E-state index in [-0.39, 0.29) is 5.75 Å². The Morgan fingerprint density at radius 1 is 1.31 bits per heavy atom. The number of hydrogen-bond donors (Lipinski definition) is 1. The Balaban J connectivity index is 1.43. The normalized spacial score (nSPS) is 16.1. The minimum atomic E-state index is -3.43. The molecule has 29 heavy (non-hydrogen) atoms. The number of ether oxygens (including phenoxy) is 1. The lowest BCUT2D eigenvalue weighted by Crippen LogP contribution is -2.54. The Morgan fingerprint density at radius 2 is 2.10 bits per heavy atom. The van der Waals surface area contributed by atoms with Crippen LogP contribution in [-0.4, -0.2) is 80.1 Å². The van der Waals surface area contributed by atoms with Crippen molar-refractivity contribution in [3.63, 3.8) is 0 Å². The van der Waals surface area contributed by atoms with Gasteiger partial charge >= 0.3 is 0 Å². The monoisotopic (exact) mass is 442 g/mol. The summed E-state index contributed by atoms with van der Waals surface area (Å²) in [6.45, 7) is 2.77. The number of nitrogens with zero attached hydrogens (tertiary/aromatic N) is 5. The zero-order valence-corrected chi connectivity index (χ0v) is 17.6. The number of halogens is 1. The number of pyridine rings is 1. The standard InChI is InChI=1S/C17H23ClN6O4S/c1-19-17(20-5-11-27-16-3-2-14(18)12-21-16)23-6-8-24(9-7-23)29(25,26)13-15-4-10-28-22-15/h2-4,10,12H,5-9,11,13H2,1H3,(H,19,20). The van der Waals surface area contributed by atoms with Gasteiger partial charge in [-0.05, 0) is 6.07 Å². The van der Waals surface area contributed by atoms with E-state index in [1.807, 2.05) is 4.90 Å². The van der Waals surface area contributed by atoms with Gasteiger partial charge in [0.2, 0.25) is 15.9 Å². The first kappa shape index (κ1) is 21.3. The summed E-state index contributed by atoms with van der Waals surface area (Å²) in [7, 11) is -1.74. The maximum atomic E-state index is 12.5. The van der Waals surface area contributed by atoms with E-state index < -0.39 is 10.0 Å². The third kappa shape index (κ3) is 6.05. The molecule has 0 radical (unpaired) electrons. The van der Waals surface area contributed by atoms with Crippen LogP contribution in [0, 0.1) is 0 Å². The molecule has 0 atom stereocenters. The van der Waals surface area contributed by atoms with E-state index in [1.54, 1.807) is 25.2 Å². The number of aromatic nitrogens is 2. The molecule has 1 N–H and O–H groups in total. The smallest absolute Gasteiger partial charge is 0.220 e. The molecular formula is C17H23ClN6O4S. The van der Waals surface area contributed by atoms with Crippen LogP contribution in [0.2, 0.25) is 5.02 Å². The Bertz CT molecular complexity index is 897. The fourth-order valence-corrected chi connectivity index (χ4v) is 4.40. The lowest BCUT2D eigenvalue weighted by atomic mass is 10.4. The van der Waals surface area contributed by atoms with Crippen molar-refractivity contribution in [3.8, 4) is 5.88 Å². The molecule has 2 aromatic rings. The summed E-state index contributed by atoms with van der Waals surface area (Å²) in [4.78, 5) is 10.4. The minimum Gasteiger partial charge on any atom is -0.476 e. The molecule has 0 aromatic carbocycles. The first-order valence-electron chi connectivity index (χ1n) is 9.05. The van der Waals surface area contributed by atoms with E-state index >= 15 is 0 Å². The Kier molecular flexibility index (Phi) is 7.29. The molecular weight excluding hydrogens is 420 g/mol. The second-order valence-corrected chi connectivity index (χ2v) is 8.68. The first-order valence-corrected chi connectivity index (χ1v) is 11.0. The predicted molar refractivity (Wildman–Crippen MR) is 108 cm³/mol. The fourth-order valence-electron chi connectivity index (χ4n) is 2.87. The second-order valence-electron chi connectivity index (χ2n) is 6.27. The molecule has 3 heterocycles. The topological polar surface area (TPSA) is 113 Å². The fraction of sp³-hybridized carbons (Fsp3) is 0.471. The molecule has 10 nitrogen and oxygen atoms in total. The van der Waals surface area contributed by atoms with Crippen LogP contribution in [0.4, 0.5) is 0 Å². The van der Waals surface area contributed by atoms with Gasteiger partial charge in [0.1, 0.15) is 18.6 Å². The van der Waals surface area contributed by atoms with Gasteiger partial charge < -0.3 is 19.5 Å². The third-order valence-corrected chi connectivity index (χ3v) is 6.34. The van der Waals surface area contributed by atoms with Crippen molar-refractivity contribution in [2.24, 2.45) is 4.99 Å². The lowest BCUT2D eigenvalue weighted by Gasteiger charge is -2.35. The van der Waals surface area contributed by atoms with E-state index in [2.05, 4.69) is 20.4 Å². The van der Waals surface area contributed by atoms with Gasteiger partial charge in [-0.15, -0.1) is 0 Å². The van der Waals surface area contributed by atoms with Crippen molar-refractivity contribution in [3.05, 3.63) is 41.4 Å². The average molecular weight is 443 g/mol. The van der Waals surface area contributed by atoms with E-state index in [9.17, 15) is 8.42 Å². The summed E-state index contributed by atoms with van der Waals surface area (Å²) in [5.41, 5.74) is 0.403. The second kappa shape index (κ2) is 9.90. The van der Waals surface area contributed by atoms with Gasteiger partial charge in [-0.3, -0.25) is 4.99 Å². The van der Waals surface area contributed by atoms with Crippen LogP contribution >= 0.6 is 11.6 Å².